The summed E-state index contributed by atoms with van der Waals surface area (Å²) in [4.78, 5) is 41.7. The normalized spacial score (nSPS) is 15.9. The Labute approximate surface area is 166 Å². The van der Waals surface area contributed by atoms with Gasteiger partial charge < -0.3 is 43.4 Å². The van der Waals surface area contributed by atoms with Gasteiger partial charge >= 0.3 is 23.9 Å². The highest BCUT2D eigenvalue weighted by Crippen LogP contribution is 1.89. The van der Waals surface area contributed by atoms with Crippen LogP contribution in [0.4, 0.5) is 0 Å². The Bertz CT molecular complexity index is 439. The third-order valence-corrected chi connectivity index (χ3v) is 2.61. The zero-order chi connectivity index (χ0) is 21.7. The van der Waals surface area contributed by atoms with Gasteiger partial charge in [-0.05, 0) is 0 Å². The predicted molar refractivity (Wildman–Crippen MR) is 91.3 cm³/mol. The van der Waals surface area contributed by atoms with Crippen molar-refractivity contribution in [1.82, 2.24) is 0 Å². The van der Waals surface area contributed by atoms with Gasteiger partial charge in [-0.2, -0.15) is 0 Å². The molecule has 1 heterocycles. The van der Waals surface area contributed by atoms with Gasteiger partial charge in [-0.3, -0.25) is 0 Å². The van der Waals surface area contributed by atoms with E-state index in [1.807, 2.05) is 0 Å². The van der Waals surface area contributed by atoms with E-state index in [-0.39, 0.29) is 52.9 Å². The Morgan fingerprint density at radius 2 is 1.07 bits per heavy atom. The molecule has 0 aromatic heterocycles. The van der Waals surface area contributed by atoms with E-state index in [0.717, 1.165) is 0 Å². The molecule has 29 heavy (non-hydrogen) atoms. The van der Waals surface area contributed by atoms with Crippen LogP contribution in [0.5, 0.6) is 0 Å². The van der Waals surface area contributed by atoms with Crippen LogP contribution in [0.2, 0.25) is 0 Å². The Morgan fingerprint density at radius 1 is 0.690 bits per heavy atom. The van der Waals surface area contributed by atoms with Gasteiger partial charge in [0.2, 0.25) is 0 Å². The number of rotatable bonds is 10. The molecular weight excluding hydrogens is 400 g/mol. The quantitative estimate of drug-likeness (QED) is 0.231. The zero-order valence-electron chi connectivity index (χ0n) is 15.9. The molecule has 0 aromatic carbocycles. The van der Waals surface area contributed by atoms with Crippen molar-refractivity contribution in [1.29, 1.82) is 0 Å². The maximum atomic E-state index is 10.8. The first-order valence-electron chi connectivity index (χ1n) is 8.55. The first-order valence-corrected chi connectivity index (χ1v) is 8.55. The van der Waals surface area contributed by atoms with Crippen LogP contribution in [0.25, 0.3) is 0 Å². The fourth-order valence-electron chi connectivity index (χ4n) is 1.49. The summed E-state index contributed by atoms with van der Waals surface area (Å²) in [5.74, 6) is -3.47. The summed E-state index contributed by atoms with van der Waals surface area (Å²) in [6.07, 6.45) is 0. The third kappa shape index (κ3) is 22.0. The minimum absolute atomic E-state index is 0.186. The van der Waals surface area contributed by atoms with E-state index in [1.54, 1.807) is 0 Å². The van der Waals surface area contributed by atoms with Gasteiger partial charge in [-0.1, -0.05) is 0 Å². The highest BCUT2D eigenvalue weighted by molar-refractivity contribution is 5.86. The van der Waals surface area contributed by atoms with Gasteiger partial charge in [-0.25, -0.2) is 19.2 Å². The monoisotopic (exact) mass is 426 g/mol. The third-order valence-electron chi connectivity index (χ3n) is 2.61. The second-order valence-corrected chi connectivity index (χ2v) is 5.07. The summed E-state index contributed by atoms with van der Waals surface area (Å²) >= 11 is 0. The van der Waals surface area contributed by atoms with E-state index in [9.17, 15) is 19.2 Å². The molecular formula is C16H26O13. The Kier molecular flexibility index (Phi) is 17.7. The first kappa shape index (κ1) is 26.8. The van der Waals surface area contributed by atoms with Crippen LogP contribution < -0.4 is 0 Å². The number of hydrogen-bond donors (Lipinski definition) is 2. The fraction of sp³-hybridized carbons (Fsp3) is 0.750. The molecule has 13 nitrogen and oxygen atoms in total. The van der Waals surface area contributed by atoms with Crippen molar-refractivity contribution in [3.8, 4) is 0 Å². The Balaban J connectivity index is 0.000000541. The molecule has 1 aliphatic rings. The van der Waals surface area contributed by atoms with Crippen molar-refractivity contribution in [2.45, 2.75) is 0 Å². The molecule has 0 saturated carbocycles. The molecule has 0 spiro atoms. The van der Waals surface area contributed by atoms with Crippen LogP contribution in [0.3, 0.4) is 0 Å². The van der Waals surface area contributed by atoms with Crippen molar-refractivity contribution < 1.29 is 62.5 Å². The number of carboxylic acid groups (broad SMARTS) is 2. The average Bonchev–Trinajstić information content (AvgIpc) is 2.64. The smallest absolute Gasteiger partial charge is 0.339 e. The molecule has 0 aromatic rings. The van der Waals surface area contributed by atoms with Crippen molar-refractivity contribution in [3.63, 3.8) is 0 Å². The van der Waals surface area contributed by atoms with Crippen LogP contribution in [-0.2, 0) is 52.3 Å². The van der Waals surface area contributed by atoms with Crippen molar-refractivity contribution in [3.05, 3.63) is 0 Å². The number of hydrogen-bond acceptors (Lipinski definition) is 11. The van der Waals surface area contributed by atoms with Gasteiger partial charge in [0.1, 0.15) is 26.4 Å². The minimum Gasteiger partial charge on any atom is -0.480 e. The molecule has 1 aliphatic heterocycles. The van der Waals surface area contributed by atoms with E-state index < -0.39 is 23.9 Å². The molecule has 0 unspecified atom stereocenters. The second-order valence-electron chi connectivity index (χ2n) is 5.07. The molecule has 168 valence electrons. The standard InChI is InChI=1S/C8H14O7.C8H12O6/c9-7(10)5-14-3-1-13-2-4-15-6-8(11)12;9-7-5-12-3-1-11-2-4-13-6-8(10)14-7/h1-6H2,(H,9,10)(H,11,12);1-6H2. The zero-order valence-corrected chi connectivity index (χ0v) is 15.9. The van der Waals surface area contributed by atoms with Crippen LogP contribution in [0, 0.1) is 0 Å². The number of aliphatic carboxylic acids is 2. The number of carbonyl (C=O) groups excluding carboxylic acids is 2. The maximum Gasteiger partial charge on any atom is 0.339 e. The lowest BCUT2D eigenvalue weighted by Gasteiger charge is -2.08. The molecule has 0 aliphatic carbocycles. The highest BCUT2D eigenvalue weighted by atomic mass is 16.6. The molecule has 0 atom stereocenters. The SMILES string of the molecule is O=C(O)COCCOCCOCC(=O)O.O=C1COCCOCCOCC(=O)O1. The summed E-state index contributed by atoms with van der Waals surface area (Å²) in [7, 11) is 0. The number of cyclic esters (lactones) is 2. The lowest BCUT2D eigenvalue weighted by Crippen LogP contribution is -2.24. The molecule has 1 fully saturated rings. The van der Waals surface area contributed by atoms with E-state index in [1.165, 1.54) is 0 Å². The average molecular weight is 426 g/mol. The largest absolute Gasteiger partial charge is 0.480 e. The van der Waals surface area contributed by atoms with Gasteiger partial charge in [0.25, 0.3) is 0 Å². The summed E-state index contributed by atoms with van der Waals surface area (Å²) < 4.78 is 33.5. The summed E-state index contributed by atoms with van der Waals surface area (Å²) in [6.45, 7) is 1.08. The van der Waals surface area contributed by atoms with Crippen molar-refractivity contribution in [2.24, 2.45) is 0 Å². The van der Waals surface area contributed by atoms with Crippen LogP contribution >= 0.6 is 0 Å². The predicted octanol–water partition coefficient (Wildman–Crippen LogP) is -1.67. The van der Waals surface area contributed by atoms with E-state index in [2.05, 4.69) is 14.2 Å². The molecule has 0 amide bonds. The minimum atomic E-state index is -1.03. The summed E-state index contributed by atoms with van der Waals surface area (Å²) in [6, 6.07) is 0. The number of ether oxygens (including phenoxy) is 7. The first-order chi connectivity index (χ1) is 13.9. The lowest BCUT2D eigenvalue weighted by molar-refractivity contribution is -0.167. The molecule has 0 radical (unpaired) electrons. The highest BCUT2D eigenvalue weighted by Gasteiger charge is 2.11. The van der Waals surface area contributed by atoms with Crippen LogP contribution in [0.1, 0.15) is 0 Å². The van der Waals surface area contributed by atoms with E-state index >= 15 is 0 Å². The maximum absolute atomic E-state index is 10.8. The Morgan fingerprint density at radius 3 is 1.48 bits per heavy atom. The van der Waals surface area contributed by atoms with Crippen LogP contribution in [-0.4, -0.2) is 113 Å². The molecule has 1 rings (SSSR count). The fourth-order valence-corrected chi connectivity index (χ4v) is 1.49. The number of esters is 2. The lowest BCUT2D eigenvalue weighted by atomic mass is 10.6. The van der Waals surface area contributed by atoms with Gasteiger partial charge in [0.05, 0.1) is 52.9 Å². The molecule has 1 saturated heterocycles. The second kappa shape index (κ2) is 19.2. The van der Waals surface area contributed by atoms with Crippen LogP contribution in [0.15, 0.2) is 0 Å². The molecule has 2 N–H and O–H groups in total. The van der Waals surface area contributed by atoms with Gasteiger partial charge in [-0.15, -0.1) is 0 Å². The summed E-state index contributed by atoms with van der Waals surface area (Å²) in [5.41, 5.74) is 0. The van der Waals surface area contributed by atoms with E-state index in [0.29, 0.717) is 26.4 Å². The molecule has 13 heteroatoms. The summed E-state index contributed by atoms with van der Waals surface area (Å²) in [5, 5.41) is 16.4. The number of carboxylic acids is 2. The van der Waals surface area contributed by atoms with Crippen molar-refractivity contribution in [2.75, 3.05) is 79.3 Å². The topological polar surface area (TPSA) is 173 Å². The van der Waals surface area contributed by atoms with Crippen molar-refractivity contribution >= 4 is 23.9 Å². The van der Waals surface area contributed by atoms with E-state index in [4.69, 9.17) is 29.2 Å². The van der Waals surface area contributed by atoms with Gasteiger partial charge in [0, 0.05) is 0 Å². The number of carbonyl (C=O) groups is 4. The molecule has 0 bridgehead atoms. The van der Waals surface area contributed by atoms with Gasteiger partial charge in [0.15, 0.2) is 0 Å². The Hall–Kier alpha value is -2.16.